The van der Waals surface area contributed by atoms with E-state index in [-0.39, 0.29) is 5.78 Å². The SMILES string of the molecule is Cc1cc(C)c(OCCCC(=O)c2ccccc2)c(C)c1. The molecule has 0 heterocycles. The molecular formula is C19H22O2. The third kappa shape index (κ3) is 4.19. The van der Waals surface area contributed by atoms with Gasteiger partial charge in [0.15, 0.2) is 5.78 Å². The second-order valence-electron chi connectivity index (χ2n) is 5.47. The molecule has 0 atom stereocenters. The maximum absolute atomic E-state index is 12.0. The van der Waals surface area contributed by atoms with Gasteiger partial charge in [0.05, 0.1) is 6.61 Å². The van der Waals surface area contributed by atoms with Crippen LogP contribution in [0.5, 0.6) is 5.75 Å². The van der Waals surface area contributed by atoms with Gasteiger partial charge in [0.1, 0.15) is 5.75 Å². The summed E-state index contributed by atoms with van der Waals surface area (Å²) in [7, 11) is 0. The molecule has 0 fully saturated rings. The van der Waals surface area contributed by atoms with Crippen molar-refractivity contribution in [1.82, 2.24) is 0 Å². The Bertz CT molecular complexity index is 592. The van der Waals surface area contributed by atoms with Crippen LogP contribution in [0, 0.1) is 20.8 Å². The van der Waals surface area contributed by atoms with Crippen LogP contribution in [0.4, 0.5) is 0 Å². The summed E-state index contributed by atoms with van der Waals surface area (Å²) in [5.41, 5.74) is 4.33. The molecule has 0 aliphatic rings. The smallest absolute Gasteiger partial charge is 0.163 e. The van der Waals surface area contributed by atoms with Crippen molar-refractivity contribution >= 4 is 5.78 Å². The van der Waals surface area contributed by atoms with Crippen molar-refractivity contribution < 1.29 is 9.53 Å². The standard InChI is InChI=1S/C19H22O2/c1-14-12-15(2)19(16(3)13-14)21-11-7-10-18(20)17-8-5-4-6-9-17/h4-6,8-9,12-13H,7,10-11H2,1-3H3. The quantitative estimate of drug-likeness (QED) is 0.569. The van der Waals surface area contributed by atoms with Gasteiger partial charge in [-0.05, 0) is 38.3 Å². The van der Waals surface area contributed by atoms with E-state index in [1.165, 1.54) is 5.56 Å². The largest absolute Gasteiger partial charge is 0.493 e. The Labute approximate surface area is 126 Å². The number of rotatable bonds is 6. The lowest BCUT2D eigenvalue weighted by molar-refractivity contribution is 0.0973. The van der Waals surface area contributed by atoms with Gasteiger partial charge in [0, 0.05) is 12.0 Å². The van der Waals surface area contributed by atoms with Crippen molar-refractivity contribution in [1.29, 1.82) is 0 Å². The number of carbonyl (C=O) groups is 1. The van der Waals surface area contributed by atoms with Crippen LogP contribution in [-0.2, 0) is 0 Å². The van der Waals surface area contributed by atoms with Crippen LogP contribution in [0.2, 0.25) is 0 Å². The number of benzene rings is 2. The Morgan fingerprint density at radius 2 is 1.62 bits per heavy atom. The Balaban J connectivity index is 1.84. The van der Waals surface area contributed by atoms with Gasteiger partial charge in [0.2, 0.25) is 0 Å². The van der Waals surface area contributed by atoms with Crippen LogP contribution < -0.4 is 4.74 Å². The zero-order chi connectivity index (χ0) is 15.2. The zero-order valence-corrected chi connectivity index (χ0v) is 13.0. The first-order chi connectivity index (χ1) is 10.1. The first-order valence-corrected chi connectivity index (χ1v) is 7.37. The van der Waals surface area contributed by atoms with Gasteiger partial charge >= 0.3 is 0 Å². The van der Waals surface area contributed by atoms with Gasteiger partial charge in [-0.1, -0.05) is 48.0 Å². The average molecular weight is 282 g/mol. The van der Waals surface area contributed by atoms with Crippen molar-refractivity contribution in [3.63, 3.8) is 0 Å². The van der Waals surface area contributed by atoms with E-state index < -0.39 is 0 Å². The van der Waals surface area contributed by atoms with Crippen LogP contribution in [0.1, 0.15) is 39.9 Å². The minimum absolute atomic E-state index is 0.177. The highest BCUT2D eigenvalue weighted by Crippen LogP contribution is 2.24. The molecular weight excluding hydrogens is 260 g/mol. The normalized spacial score (nSPS) is 10.4. The molecule has 0 saturated heterocycles. The number of ether oxygens (including phenoxy) is 1. The van der Waals surface area contributed by atoms with Crippen molar-refractivity contribution in [3.05, 3.63) is 64.7 Å². The second-order valence-corrected chi connectivity index (χ2v) is 5.47. The number of ketones is 1. The van der Waals surface area contributed by atoms with E-state index in [0.717, 1.165) is 28.9 Å². The fourth-order valence-electron chi connectivity index (χ4n) is 2.57. The third-order valence-corrected chi connectivity index (χ3v) is 3.50. The predicted molar refractivity (Wildman–Crippen MR) is 86.2 cm³/mol. The predicted octanol–water partition coefficient (Wildman–Crippen LogP) is 4.65. The van der Waals surface area contributed by atoms with Gasteiger partial charge < -0.3 is 4.74 Å². The lowest BCUT2D eigenvalue weighted by Crippen LogP contribution is -2.05. The Morgan fingerprint density at radius 1 is 1.00 bits per heavy atom. The molecule has 0 unspecified atom stereocenters. The highest BCUT2D eigenvalue weighted by atomic mass is 16.5. The maximum atomic E-state index is 12.0. The number of Topliss-reactive ketones (excluding diaryl/α,β-unsaturated/α-hetero) is 1. The number of hydrogen-bond acceptors (Lipinski definition) is 2. The first kappa shape index (κ1) is 15.3. The molecule has 0 saturated carbocycles. The van der Waals surface area contributed by atoms with Crippen LogP contribution >= 0.6 is 0 Å². The van der Waals surface area contributed by atoms with E-state index in [2.05, 4.69) is 32.9 Å². The fourth-order valence-corrected chi connectivity index (χ4v) is 2.57. The molecule has 0 aromatic heterocycles. The highest BCUT2D eigenvalue weighted by Gasteiger charge is 2.07. The van der Waals surface area contributed by atoms with E-state index in [1.54, 1.807) is 0 Å². The topological polar surface area (TPSA) is 26.3 Å². The van der Waals surface area contributed by atoms with Gasteiger partial charge in [0.25, 0.3) is 0 Å². The molecule has 0 bridgehead atoms. The maximum Gasteiger partial charge on any atom is 0.163 e. The number of carbonyl (C=O) groups excluding carboxylic acids is 1. The molecule has 2 aromatic rings. The molecule has 2 heteroatoms. The molecule has 0 N–H and O–H groups in total. The Morgan fingerprint density at radius 3 is 2.24 bits per heavy atom. The number of aryl methyl sites for hydroxylation is 3. The summed E-state index contributed by atoms with van der Waals surface area (Å²) in [6, 6.07) is 13.7. The summed E-state index contributed by atoms with van der Waals surface area (Å²) in [4.78, 5) is 12.0. The molecule has 2 rings (SSSR count). The molecule has 2 nitrogen and oxygen atoms in total. The van der Waals surface area contributed by atoms with E-state index in [9.17, 15) is 4.79 Å². The lowest BCUT2D eigenvalue weighted by Gasteiger charge is -2.13. The lowest BCUT2D eigenvalue weighted by atomic mass is 10.1. The van der Waals surface area contributed by atoms with Crippen LogP contribution in [0.3, 0.4) is 0 Å². The Hall–Kier alpha value is -2.09. The molecule has 2 aromatic carbocycles. The fraction of sp³-hybridized carbons (Fsp3) is 0.316. The van der Waals surface area contributed by atoms with E-state index in [4.69, 9.17) is 4.74 Å². The second kappa shape index (κ2) is 7.07. The summed E-state index contributed by atoms with van der Waals surface area (Å²) in [6.07, 6.45) is 1.26. The van der Waals surface area contributed by atoms with Gasteiger partial charge in [-0.25, -0.2) is 0 Å². The summed E-state index contributed by atoms with van der Waals surface area (Å²) in [5, 5.41) is 0. The van der Waals surface area contributed by atoms with Crippen LogP contribution in [0.15, 0.2) is 42.5 Å². The minimum atomic E-state index is 0.177. The minimum Gasteiger partial charge on any atom is -0.493 e. The van der Waals surface area contributed by atoms with E-state index >= 15 is 0 Å². The molecule has 0 amide bonds. The van der Waals surface area contributed by atoms with Crippen LogP contribution in [0.25, 0.3) is 0 Å². The summed E-state index contributed by atoms with van der Waals surface area (Å²) in [6.45, 7) is 6.78. The van der Waals surface area contributed by atoms with Crippen molar-refractivity contribution in [3.8, 4) is 5.75 Å². The molecule has 21 heavy (non-hydrogen) atoms. The van der Waals surface area contributed by atoms with E-state index in [0.29, 0.717) is 13.0 Å². The van der Waals surface area contributed by atoms with Crippen molar-refractivity contribution in [2.24, 2.45) is 0 Å². The molecule has 0 radical (unpaired) electrons. The van der Waals surface area contributed by atoms with E-state index in [1.807, 2.05) is 30.3 Å². The molecule has 0 aliphatic carbocycles. The van der Waals surface area contributed by atoms with Gasteiger partial charge in [-0.3, -0.25) is 4.79 Å². The summed E-state index contributed by atoms with van der Waals surface area (Å²) in [5.74, 6) is 1.13. The zero-order valence-electron chi connectivity index (χ0n) is 13.0. The number of hydrogen-bond donors (Lipinski definition) is 0. The third-order valence-electron chi connectivity index (χ3n) is 3.50. The van der Waals surface area contributed by atoms with Crippen molar-refractivity contribution in [2.45, 2.75) is 33.6 Å². The average Bonchev–Trinajstić information content (AvgIpc) is 2.46. The Kier molecular flexibility index (Phi) is 5.15. The van der Waals surface area contributed by atoms with Crippen molar-refractivity contribution in [2.75, 3.05) is 6.61 Å². The summed E-state index contributed by atoms with van der Waals surface area (Å²) < 4.78 is 5.86. The first-order valence-electron chi connectivity index (χ1n) is 7.37. The monoisotopic (exact) mass is 282 g/mol. The summed E-state index contributed by atoms with van der Waals surface area (Å²) >= 11 is 0. The molecule has 110 valence electrons. The molecule has 0 aliphatic heterocycles. The van der Waals surface area contributed by atoms with Gasteiger partial charge in [-0.2, -0.15) is 0 Å². The van der Waals surface area contributed by atoms with Crippen LogP contribution in [-0.4, -0.2) is 12.4 Å². The van der Waals surface area contributed by atoms with Gasteiger partial charge in [-0.15, -0.1) is 0 Å². The molecule has 0 spiro atoms. The highest BCUT2D eigenvalue weighted by molar-refractivity contribution is 5.95.